The Morgan fingerprint density at radius 1 is 0.852 bits per heavy atom. The lowest BCUT2D eigenvalue weighted by Gasteiger charge is -2.16. The molecule has 8 heteroatoms. The lowest BCUT2D eigenvalue weighted by molar-refractivity contribution is -0.130. The highest BCUT2D eigenvalue weighted by atomic mass is 16.7. The molecule has 8 nitrogen and oxygen atoms in total. The molecule has 0 saturated carbocycles. The van der Waals surface area contributed by atoms with E-state index in [0.717, 1.165) is 19.8 Å². The largest absolute Gasteiger partial charge is 0.513 e. The number of esters is 1. The predicted octanol–water partition coefficient (Wildman–Crippen LogP) is 3.92. The van der Waals surface area contributed by atoms with Gasteiger partial charge in [0.05, 0.1) is 14.2 Å². The summed E-state index contributed by atoms with van der Waals surface area (Å²) in [5.74, 6) is -0.880. The lowest BCUT2D eigenvalue weighted by Crippen LogP contribution is -2.14. The van der Waals surface area contributed by atoms with Crippen LogP contribution in [0.3, 0.4) is 0 Å². The van der Waals surface area contributed by atoms with Gasteiger partial charge in [0, 0.05) is 22.4 Å². The fourth-order valence-corrected chi connectivity index (χ4v) is 2.16. The second kappa shape index (κ2) is 8.22. The smallest absolute Gasteiger partial charge is 0.437 e. The molecule has 0 fully saturated rings. The summed E-state index contributed by atoms with van der Waals surface area (Å²) < 4.78 is 24.6. The summed E-state index contributed by atoms with van der Waals surface area (Å²) in [5.41, 5.74) is 1.00. The zero-order valence-corrected chi connectivity index (χ0v) is 15.3. The number of carbonyl (C=O) groups is 3. The molecule has 2 rings (SSSR count). The molecule has 0 heterocycles. The fraction of sp³-hybridized carbons (Fsp3) is 0.211. The van der Waals surface area contributed by atoms with Crippen molar-refractivity contribution in [2.75, 3.05) is 14.2 Å². The first-order chi connectivity index (χ1) is 12.8. The minimum Gasteiger partial charge on any atom is -0.437 e. The SMILES string of the molecule is C=C(C)C(=O)Oc1c(OC(=O)OC)cc(OC(=O)OC)c2cc(C)ccc12. The van der Waals surface area contributed by atoms with Gasteiger partial charge in [-0.2, -0.15) is 0 Å². The predicted molar refractivity (Wildman–Crippen MR) is 95.2 cm³/mol. The molecule has 0 unspecified atom stereocenters. The first-order valence-corrected chi connectivity index (χ1v) is 7.73. The normalized spacial score (nSPS) is 10.1. The number of ether oxygens (including phenoxy) is 5. The van der Waals surface area contributed by atoms with E-state index in [1.807, 2.05) is 6.92 Å². The molecular weight excluding hydrogens is 356 g/mol. The number of fused-ring (bicyclic) bond motifs is 1. The molecule has 2 aromatic rings. The van der Waals surface area contributed by atoms with E-state index in [1.165, 1.54) is 13.0 Å². The molecule has 0 saturated heterocycles. The third-order valence-electron chi connectivity index (χ3n) is 3.43. The highest BCUT2D eigenvalue weighted by Crippen LogP contribution is 2.42. The summed E-state index contributed by atoms with van der Waals surface area (Å²) in [7, 11) is 2.28. The van der Waals surface area contributed by atoms with Crippen molar-refractivity contribution in [2.24, 2.45) is 0 Å². The number of hydrogen-bond acceptors (Lipinski definition) is 8. The van der Waals surface area contributed by atoms with Crippen molar-refractivity contribution in [3.05, 3.63) is 42.0 Å². The lowest BCUT2D eigenvalue weighted by atomic mass is 10.0. The van der Waals surface area contributed by atoms with Crippen molar-refractivity contribution in [2.45, 2.75) is 13.8 Å². The van der Waals surface area contributed by atoms with Crippen LogP contribution in [-0.2, 0) is 14.3 Å². The molecule has 0 amide bonds. The summed E-state index contributed by atoms with van der Waals surface area (Å²) in [5, 5.41) is 0.817. The van der Waals surface area contributed by atoms with Crippen LogP contribution in [0.2, 0.25) is 0 Å². The van der Waals surface area contributed by atoms with E-state index in [0.29, 0.717) is 10.8 Å². The molecule has 27 heavy (non-hydrogen) atoms. The maximum Gasteiger partial charge on any atom is 0.513 e. The van der Waals surface area contributed by atoms with Gasteiger partial charge in [0.1, 0.15) is 5.75 Å². The second-order valence-corrected chi connectivity index (χ2v) is 5.53. The van der Waals surface area contributed by atoms with Gasteiger partial charge >= 0.3 is 18.3 Å². The topological polar surface area (TPSA) is 97.4 Å². The molecule has 0 aliphatic heterocycles. The standard InChI is InChI=1S/C19H18O8/c1-10(2)17(20)27-16-12-7-6-11(3)8-13(12)14(25-18(21)23-4)9-15(16)26-19(22)24-5/h6-9H,1H2,2-5H3. The molecular formula is C19H18O8. The van der Waals surface area contributed by atoms with E-state index in [2.05, 4.69) is 16.1 Å². The van der Waals surface area contributed by atoms with Crippen LogP contribution in [0.25, 0.3) is 10.8 Å². The van der Waals surface area contributed by atoms with E-state index >= 15 is 0 Å². The monoisotopic (exact) mass is 374 g/mol. The number of rotatable bonds is 4. The minimum absolute atomic E-state index is 0.0411. The number of aryl methyl sites for hydroxylation is 1. The van der Waals surface area contributed by atoms with Crippen LogP contribution in [0, 0.1) is 6.92 Å². The van der Waals surface area contributed by atoms with Crippen molar-refractivity contribution >= 4 is 29.1 Å². The Balaban J connectivity index is 2.74. The summed E-state index contributed by atoms with van der Waals surface area (Å²) >= 11 is 0. The minimum atomic E-state index is -1.04. The molecule has 0 radical (unpaired) electrons. The van der Waals surface area contributed by atoms with E-state index in [1.54, 1.807) is 18.2 Å². The Morgan fingerprint density at radius 3 is 2.00 bits per heavy atom. The Morgan fingerprint density at radius 2 is 1.44 bits per heavy atom. The highest BCUT2D eigenvalue weighted by Gasteiger charge is 2.22. The van der Waals surface area contributed by atoms with Gasteiger partial charge in [-0.05, 0) is 19.9 Å². The number of carbonyl (C=O) groups excluding carboxylic acids is 3. The van der Waals surface area contributed by atoms with Gasteiger partial charge in [0.2, 0.25) is 0 Å². The van der Waals surface area contributed by atoms with Gasteiger partial charge in [-0.1, -0.05) is 24.3 Å². The van der Waals surface area contributed by atoms with Crippen LogP contribution in [0.1, 0.15) is 12.5 Å². The summed E-state index contributed by atoms with van der Waals surface area (Å²) in [6.45, 7) is 6.84. The number of methoxy groups -OCH3 is 2. The Labute approximate surface area is 155 Å². The molecule has 0 atom stereocenters. The van der Waals surface area contributed by atoms with Crippen LogP contribution in [-0.4, -0.2) is 32.5 Å². The Bertz CT molecular complexity index is 929. The molecule has 0 bridgehead atoms. The Hall–Kier alpha value is -3.55. The van der Waals surface area contributed by atoms with Gasteiger partial charge < -0.3 is 23.7 Å². The molecule has 2 aromatic carbocycles. The first-order valence-electron chi connectivity index (χ1n) is 7.73. The molecule has 0 aliphatic rings. The van der Waals surface area contributed by atoms with Crippen molar-refractivity contribution in [3.8, 4) is 17.2 Å². The van der Waals surface area contributed by atoms with Crippen LogP contribution < -0.4 is 14.2 Å². The van der Waals surface area contributed by atoms with E-state index in [4.69, 9.17) is 14.2 Å². The molecule has 0 aromatic heterocycles. The number of benzene rings is 2. The zero-order valence-electron chi connectivity index (χ0n) is 15.3. The summed E-state index contributed by atoms with van der Waals surface area (Å²) in [6.07, 6.45) is -2.01. The van der Waals surface area contributed by atoms with E-state index < -0.39 is 18.3 Å². The van der Waals surface area contributed by atoms with Gasteiger partial charge in [-0.3, -0.25) is 0 Å². The third kappa shape index (κ3) is 4.55. The quantitative estimate of drug-likeness (QED) is 0.344. The third-order valence-corrected chi connectivity index (χ3v) is 3.43. The van der Waals surface area contributed by atoms with Crippen molar-refractivity contribution in [3.63, 3.8) is 0 Å². The second-order valence-electron chi connectivity index (χ2n) is 5.53. The van der Waals surface area contributed by atoms with Crippen LogP contribution in [0.15, 0.2) is 36.4 Å². The first kappa shape index (κ1) is 19.8. The Kier molecular flexibility index (Phi) is 6.02. The van der Waals surface area contributed by atoms with Gasteiger partial charge in [-0.15, -0.1) is 0 Å². The van der Waals surface area contributed by atoms with E-state index in [-0.39, 0.29) is 22.8 Å². The van der Waals surface area contributed by atoms with Crippen LogP contribution >= 0.6 is 0 Å². The van der Waals surface area contributed by atoms with Gasteiger partial charge in [0.25, 0.3) is 0 Å². The summed E-state index contributed by atoms with van der Waals surface area (Å²) in [4.78, 5) is 35.2. The molecule has 142 valence electrons. The maximum absolute atomic E-state index is 12.0. The van der Waals surface area contributed by atoms with Crippen molar-refractivity contribution < 1.29 is 38.1 Å². The van der Waals surface area contributed by atoms with Crippen LogP contribution in [0.5, 0.6) is 17.2 Å². The zero-order chi connectivity index (χ0) is 20.1. The number of hydrogen-bond donors (Lipinski definition) is 0. The summed E-state index contributed by atoms with van der Waals surface area (Å²) in [6, 6.07) is 6.34. The fourth-order valence-electron chi connectivity index (χ4n) is 2.16. The van der Waals surface area contributed by atoms with Crippen LogP contribution in [0.4, 0.5) is 9.59 Å². The van der Waals surface area contributed by atoms with Gasteiger partial charge in [-0.25, -0.2) is 14.4 Å². The van der Waals surface area contributed by atoms with Gasteiger partial charge in [0.15, 0.2) is 11.5 Å². The van der Waals surface area contributed by atoms with Crippen molar-refractivity contribution in [1.82, 2.24) is 0 Å². The van der Waals surface area contributed by atoms with E-state index in [9.17, 15) is 14.4 Å². The highest BCUT2D eigenvalue weighted by molar-refractivity contribution is 6.00. The average molecular weight is 374 g/mol. The van der Waals surface area contributed by atoms with Crippen molar-refractivity contribution in [1.29, 1.82) is 0 Å². The maximum atomic E-state index is 12.0. The molecule has 0 N–H and O–H groups in total. The molecule has 0 aliphatic carbocycles. The average Bonchev–Trinajstić information content (AvgIpc) is 2.63. The molecule has 0 spiro atoms.